The Morgan fingerprint density at radius 1 is 1.00 bits per heavy atom. The second-order valence-electron chi connectivity index (χ2n) is 3.97. The number of nitrogens with zero attached hydrogens (tertiary/aromatic N) is 1. The molecular weight excluding hydrogens is 254 g/mol. The highest BCUT2D eigenvalue weighted by atomic mass is 16.4. The molecule has 2 N–H and O–H groups in total. The fourth-order valence-corrected chi connectivity index (χ4v) is 1.88. The molecule has 0 aromatic heterocycles. The molecular formula is C12H9NO6. The number of amides is 2. The Morgan fingerprint density at radius 3 is 2.05 bits per heavy atom. The van der Waals surface area contributed by atoms with E-state index in [1.165, 1.54) is 0 Å². The smallest absolute Gasteiger partial charge is 0.337 e. The minimum atomic E-state index is -1.33. The summed E-state index contributed by atoms with van der Waals surface area (Å²) >= 11 is 0. The van der Waals surface area contributed by atoms with E-state index in [-0.39, 0.29) is 29.7 Å². The van der Waals surface area contributed by atoms with Crippen LogP contribution in [0.4, 0.5) is 5.69 Å². The van der Waals surface area contributed by atoms with Crippen molar-refractivity contribution < 1.29 is 29.4 Å². The van der Waals surface area contributed by atoms with E-state index in [1.54, 1.807) is 0 Å². The number of carbonyl (C=O) groups excluding carboxylic acids is 2. The van der Waals surface area contributed by atoms with Gasteiger partial charge in [-0.15, -0.1) is 0 Å². The van der Waals surface area contributed by atoms with Gasteiger partial charge in [0.05, 0.1) is 16.8 Å². The van der Waals surface area contributed by atoms with Crippen LogP contribution in [-0.2, 0) is 9.59 Å². The van der Waals surface area contributed by atoms with Crippen molar-refractivity contribution in [3.05, 3.63) is 29.3 Å². The molecule has 0 unspecified atom stereocenters. The molecule has 1 aromatic carbocycles. The highest BCUT2D eigenvalue weighted by molar-refractivity contribution is 6.22. The number of carboxylic acids is 2. The fourth-order valence-electron chi connectivity index (χ4n) is 1.88. The van der Waals surface area contributed by atoms with Gasteiger partial charge in [0, 0.05) is 12.8 Å². The van der Waals surface area contributed by atoms with Crippen LogP contribution in [0.1, 0.15) is 33.6 Å². The van der Waals surface area contributed by atoms with Gasteiger partial charge >= 0.3 is 11.9 Å². The molecule has 0 saturated carbocycles. The molecule has 1 aromatic rings. The number of anilines is 1. The summed E-state index contributed by atoms with van der Waals surface area (Å²) in [5.74, 6) is -3.66. The Labute approximate surface area is 107 Å². The zero-order valence-corrected chi connectivity index (χ0v) is 9.62. The monoisotopic (exact) mass is 263 g/mol. The zero-order valence-electron chi connectivity index (χ0n) is 9.62. The predicted molar refractivity (Wildman–Crippen MR) is 62.1 cm³/mol. The first-order valence-electron chi connectivity index (χ1n) is 5.38. The van der Waals surface area contributed by atoms with Gasteiger partial charge in [0.2, 0.25) is 11.8 Å². The Kier molecular flexibility index (Phi) is 3.04. The van der Waals surface area contributed by atoms with Gasteiger partial charge in [0.1, 0.15) is 0 Å². The van der Waals surface area contributed by atoms with Crippen molar-refractivity contribution in [2.45, 2.75) is 12.8 Å². The van der Waals surface area contributed by atoms with Gasteiger partial charge in [-0.1, -0.05) is 0 Å². The normalized spacial score (nSPS) is 14.8. The molecule has 0 atom stereocenters. The number of imide groups is 1. The van der Waals surface area contributed by atoms with Crippen LogP contribution in [0, 0.1) is 0 Å². The van der Waals surface area contributed by atoms with Crippen LogP contribution in [0.15, 0.2) is 18.2 Å². The molecule has 7 nitrogen and oxygen atoms in total. The third-order valence-electron chi connectivity index (χ3n) is 2.77. The first-order valence-corrected chi connectivity index (χ1v) is 5.38. The van der Waals surface area contributed by atoms with Crippen molar-refractivity contribution in [1.82, 2.24) is 0 Å². The Morgan fingerprint density at radius 2 is 1.58 bits per heavy atom. The van der Waals surface area contributed by atoms with E-state index < -0.39 is 23.8 Å². The van der Waals surface area contributed by atoms with Crippen molar-refractivity contribution in [2.75, 3.05) is 4.90 Å². The summed E-state index contributed by atoms with van der Waals surface area (Å²) < 4.78 is 0. The molecule has 0 aliphatic carbocycles. The SMILES string of the molecule is O=C(O)c1ccc(C(=O)O)c(N2C(=O)CCC2=O)c1. The van der Waals surface area contributed by atoms with Gasteiger partial charge < -0.3 is 10.2 Å². The minimum Gasteiger partial charge on any atom is -0.478 e. The lowest BCUT2D eigenvalue weighted by Crippen LogP contribution is -2.30. The van der Waals surface area contributed by atoms with Crippen molar-refractivity contribution in [3.63, 3.8) is 0 Å². The van der Waals surface area contributed by atoms with E-state index in [2.05, 4.69) is 0 Å². The molecule has 19 heavy (non-hydrogen) atoms. The van der Waals surface area contributed by atoms with Gasteiger partial charge in [-0.05, 0) is 18.2 Å². The van der Waals surface area contributed by atoms with E-state index in [0.717, 1.165) is 23.1 Å². The summed E-state index contributed by atoms with van der Waals surface area (Å²) in [5.41, 5.74) is -0.666. The summed E-state index contributed by atoms with van der Waals surface area (Å²) in [6, 6.07) is 3.20. The highest BCUT2D eigenvalue weighted by Crippen LogP contribution is 2.27. The summed E-state index contributed by atoms with van der Waals surface area (Å²) in [6.45, 7) is 0. The second-order valence-corrected chi connectivity index (χ2v) is 3.97. The van der Waals surface area contributed by atoms with E-state index >= 15 is 0 Å². The van der Waals surface area contributed by atoms with Gasteiger partial charge in [0.25, 0.3) is 0 Å². The van der Waals surface area contributed by atoms with Gasteiger partial charge in [-0.3, -0.25) is 9.59 Å². The standard InChI is InChI=1S/C12H9NO6/c14-9-3-4-10(15)13(9)8-5-6(11(16)17)1-2-7(8)12(18)19/h1-2,5H,3-4H2,(H,16,17)(H,18,19). The molecule has 7 heteroatoms. The number of rotatable bonds is 3. The van der Waals surface area contributed by atoms with Crippen molar-refractivity contribution in [2.24, 2.45) is 0 Å². The highest BCUT2D eigenvalue weighted by Gasteiger charge is 2.33. The van der Waals surface area contributed by atoms with E-state index in [9.17, 15) is 19.2 Å². The third-order valence-corrected chi connectivity index (χ3v) is 2.77. The molecule has 2 amide bonds. The molecule has 1 saturated heterocycles. The molecule has 2 rings (SSSR count). The number of benzene rings is 1. The molecule has 0 bridgehead atoms. The Bertz CT molecular complexity index is 590. The summed E-state index contributed by atoms with van der Waals surface area (Å²) in [7, 11) is 0. The predicted octanol–water partition coefficient (Wildman–Crippen LogP) is 0.736. The molecule has 1 aliphatic rings. The Balaban J connectivity index is 2.61. The van der Waals surface area contributed by atoms with Crippen LogP contribution in [0.25, 0.3) is 0 Å². The number of hydrogen-bond donors (Lipinski definition) is 2. The van der Waals surface area contributed by atoms with Crippen LogP contribution in [-0.4, -0.2) is 34.0 Å². The van der Waals surface area contributed by atoms with Crippen molar-refractivity contribution in [3.8, 4) is 0 Å². The number of carboxylic acid groups (broad SMARTS) is 2. The molecule has 98 valence electrons. The fraction of sp³-hybridized carbons (Fsp3) is 0.167. The summed E-state index contributed by atoms with van der Waals surface area (Å²) in [6.07, 6.45) is -0.00954. The van der Waals surface area contributed by atoms with Crippen LogP contribution in [0.5, 0.6) is 0 Å². The Hall–Kier alpha value is -2.70. The van der Waals surface area contributed by atoms with Crippen LogP contribution >= 0.6 is 0 Å². The van der Waals surface area contributed by atoms with Gasteiger partial charge in [-0.25, -0.2) is 14.5 Å². The lowest BCUT2D eigenvalue weighted by molar-refractivity contribution is -0.121. The molecule has 0 spiro atoms. The van der Waals surface area contributed by atoms with Gasteiger partial charge in [0.15, 0.2) is 0 Å². The van der Waals surface area contributed by atoms with E-state index in [0.29, 0.717) is 0 Å². The first-order chi connectivity index (χ1) is 8.91. The first kappa shape index (κ1) is 12.7. The lowest BCUT2D eigenvalue weighted by Gasteiger charge is -2.16. The quantitative estimate of drug-likeness (QED) is 0.777. The number of aromatic carboxylic acids is 2. The number of carbonyl (C=O) groups is 4. The number of hydrogen-bond acceptors (Lipinski definition) is 4. The van der Waals surface area contributed by atoms with Crippen LogP contribution in [0.2, 0.25) is 0 Å². The van der Waals surface area contributed by atoms with Gasteiger partial charge in [-0.2, -0.15) is 0 Å². The average molecular weight is 263 g/mol. The molecule has 1 heterocycles. The molecule has 1 fully saturated rings. The van der Waals surface area contributed by atoms with Crippen molar-refractivity contribution >= 4 is 29.4 Å². The maximum Gasteiger partial charge on any atom is 0.337 e. The topological polar surface area (TPSA) is 112 Å². The second kappa shape index (κ2) is 4.52. The maximum absolute atomic E-state index is 11.6. The summed E-state index contributed by atoms with van der Waals surface area (Å²) in [4.78, 5) is 45.9. The van der Waals surface area contributed by atoms with Crippen LogP contribution in [0.3, 0.4) is 0 Å². The minimum absolute atomic E-state index is 0.00477. The summed E-state index contributed by atoms with van der Waals surface area (Å²) in [5, 5.41) is 17.9. The molecule has 1 aliphatic heterocycles. The van der Waals surface area contributed by atoms with E-state index in [1.807, 2.05) is 0 Å². The largest absolute Gasteiger partial charge is 0.478 e. The molecule has 0 radical (unpaired) electrons. The zero-order chi connectivity index (χ0) is 14.2. The maximum atomic E-state index is 11.6. The lowest BCUT2D eigenvalue weighted by atomic mass is 10.1. The van der Waals surface area contributed by atoms with Crippen LogP contribution < -0.4 is 4.90 Å². The van der Waals surface area contributed by atoms with Crippen molar-refractivity contribution in [1.29, 1.82) is 0 Å². The average Bonchev–Trinajstić information content (AvgIpc) is 2.68. The third kappa shape index (κ3) is 2.17. The van der Waals surface area contributed by atoms with E-state index in [4.69, 9.17) is 10.2 Å².